The standard InChI is InChI=1S/C22H25N3O2/c1-22(2)15-25-19(17-10-6-7-11-18(17)22)13-24(14-20(25)26)21(27)23-12-16-8-4-3-5-9-16/h3-11,19H,12-15H2,1-2H3,(H,23,27). The molecule has 0 aliphatic carbocycles. The highest BCUT2D eigenvalue weighted by Crippen LogP contribution is 2.41. The molecule has 2 aromatic carbocycles. The second-order valence-electron chi connectivity index (χ2n) is 8.03. The van der Waals surface area contributed by atoms with Gasteiger partial charge >= 0.3 is 6.03 Å². The fourth-order valence-electron chi connectivity index (χ4n) is 4.22. The number of fused-ring (bicyclic) bond motifs is 3. The smallest absolute Gasteiger partial charge is 0.318 e. The van der Waals surface area contributed by atoms with Crippen LogP contribution in [0.3, 0.4) is 0 Å². The van der Waals surface area contributed by atoms with Gasteiger partial charge in [0.15, 0.2) is 0 Å². The molecule has 27 heavy (non-hydrogen) atoms. The summed E-state index contributed by atoms with van der Waals surface area (Å²) in [5.41, 5.74) is 3.38. The summed E-state index contributed by atoms with van der Waals surface area (Å²) < 4.78 is 0. The predicted octanol–water partition coefficient (Wildman–Crippen LogP) is 3.07. The minimum absolute atomic E-state index is 0.0173. The number of hydrogen-bond donors (Lipinski definition) is 1. The molecule has 140 valence electrons. The second kappa shape index (κ2) is 6.72. The summed E-state index contributed by atoms with van der Waals surface area (Å²) in [6, 6.07) is 17.8. The van der Waals surface area contributed by atoms with Gasteiger partial charge in [-0.3, -0.25) is 4.79 Å². The van der Waals surface area contributed by atoms with Crippen molar-refractivity contribution >= 4 is 11.9 Å². The molecular weight excluding hydrogens is 338 g/mol. The molecule has 2 heterocycles. The van der Waals surface area contributed by atoms with Crippen LogP contribution in [0.2, 0.25) is 0 Å². The van der Waals surface area contributed by atoms with Gasteiger partial charge in [0.05, 0.1) is 6.04 Å². The summed E-state index contributed by atoms with van der Waals surface area (Å²) >= 11 is 0. The zero-order valence-corrected chi connectivity index (χ0v) is 15.8. The van der Waals surface area contributed by atoms with E-state index in [9.17, 15) is 9.59 Å². The van der Waals surface area contributed by atoms with Crippen LogP contribution in [-0.4, -0.2) is 41.4 Å². The lowest BCUT2D eigenvalue weighted by molar-refractivity contribution is -0.140. The van der Waals surface area contributed by atoms with Crippen LogP contribution in [0.4, 0.5) is 4.79 Å². The number of rotatable bonds is 2. The molecule has 5 heteroatoms. The molecule has 0 bridgehead atoms. The van der Waals surface area contributed by atoms with Crippen LogP contribution >= 0.6 is 0 Å². The number of hydrogen-bond acceptors (Lipinski definition) is 2. The van der Waals surface area contributed by atoms with Crippen LogP contribution in [0.1, 0.15) is 36.6 Å². The number of piperazine rings is 1. The van der Waals surface area contributed by atoms with E-state index in [4.69, 9.17) is 0 Å². The first-order valence-electron chi connectivity index (χ1n) is 9.41. The Kier molecular flexibility index (Phi) is 4.38. The molecule has 1 N–H and O–H groups in total. The van der Waals surface area contributed by atoms with Crippen LogP contribution in [0.15, 0.2) is 54.6 Å². The van der Waals surface area contributed by atoms with E-state index in [0.29, 0.717) is 19.6 Å². The zero-order chi connectivity index (χ0) is 19.0. The van der Waals surface area contributed by atoms with Gasteiger partial charge in [0.1, 0.15) is 6.54 Å². The van der Waals surface area contributed by atoms with Crippen molar-refractivity contribution in [2.75, 3.05) is 19.6 Å². The Labute approximate surface area is 160 Å². The van der Waals surface area contributed by atoms with E-state index in [1.165, 1.54) is 5.56 Å². The molecule has 2 aliphatic rings. The largest absolute Gasteiger partial charge is 0.334 e. The molecule has 1 atom stereocenters. The van der Waals surface area contributed by atoms with E-state index in [1.807, 2.05) is 47.4 Å². The molecule has 2 aliphatic heterocycles. The Bertz CT molecular complexity index is 863. The number of amides is 3. The molecule has 4 rings (SSSR count). The van der Waals surface area contributed by atoms with Crippen molar-refractivity contribution < 1.29 is 9.59 Å². The van der Waals surface area contributed by atoms with Crippen molar-refractivity contribution in [1.29, 1.82) is 0 Å². The molecule has 0 spiro atoms. The maximum Gasteiger partial charge on any atom is 0.318 e. The van der Waals surface area contributed by atoms with Crippen molar-refractivity contribution in [3.05, 3.63) is 71.3 Å². The van der Waals surface area contributed by atoms with E-state index in [1.54, 1.807) is 4.90 Å². The van der Waals surface area contributed by atoms with Crippen LogP contribution < -0.4 is 5.32 Å². The Balaban J connectivity index is 1.53. The minimum Gasteiger partial charge on any atom is -0.334 e. The topological polar surface area (TPSA) is 52.7 Å². The maximum absolute atomic E-state index is 12.8. The lowest BCUT2D eigenvalue weighted by Gasteiger charge is -2.49. The molecule has 3 amide bonds. The Hall–Kier alpha value is -2.82. The Morgan fingerprint density at radius 3 is 2.59 bits per heavy atom. The predicted molar refractivity (Wildman–Crippen MR) is 104 cm³/mol. The van der Waals surface area contributed by atoms with Crippen molar-refractivity contribution in [2.45, 2.75) is 31.8 Å². The lowest BCUT2D eigenvalue weighted by Crippen LogP contribution is -2.59. The van der Waals surface area contributed by atoms with Gasteiger partial charge < -0.3 is 15.1 Å². The van der Waals surface area contributed by atoms with E-state index >= 15 is 0 Å². The number of nitrogens with one attached hydrogen (secondary N) is 1. The number of carbonyl (C=O) groups is 2. The van der Waals surface area contributed by atoms with Gasteiger partial charge in [-0.2, -0.15) is 0 Å². The van der Waals surface area contributed by atoms with Gasteiger partial charge in [-0.25, -0.2) is 4.79 Å². The third kappa shape index (κ3) is 3.29. The Morgan fingerprint density at radius 1 is 1.11 bits per heavy atom. The van der Waals surface area contributed by atoms with E-state index in [0.717, 1.165) is 11.1 Å². The van der Waals surface area contributed by atoms with Crippen LogP contribution in [-0.2, 0) is 16.8 Å². The molecule has 0 radical (unpaired) electrons. The number of urea groups is 1. The van der Waals surface area contributed by atoms with Gasteiger partial charge in [0.2, 0.25) is 5.91 Å². The van der Waals surface area contributed by atoms with E-state index in [2.05, 4.69) is 31.3 Å². The first-order chi connectivity index (χ1) is 13.0. The van der Waals surface area contributed by atoms with Crippen molar-refractivity contribution in [3.8, 4) is 0 Å². The van der Waals surface area contributed by atoms with Crippen molar-refractivity contribution in [3.63, 3.8) is 0 Å². The van der Waals surface area contributed by atoms with Crippen LogP contribution in [0.25, 0.3) is 0 Å². The quantitative estimate of drug-likeness (QED) is 0.892. The lowest BCUT2D eigenvalue weighted by atomic mass is 9.75. The fourth-order valence-corrected chi connectivity index (χ4v) is 4.22. The van der Waals surface area contributed by atoms with Crippen LogP contribution in [0, 0.1) is 0 Å². The molecule has 1 fully saturated rings. The average Bonchev–Trinajstić information content (AvgIpc) is 2.67. The highest BCUT2D eigenvalue weighted by atomic mass is 16.2. The third-order valence-electron chi connectivity index (χ3n) is 5.60. The molecular formula is C22H25N3O2. The van der Waals surface area contributed by atoms with Gasteiger partial charge in [-0.1, -0.05) is 68.4 Å². The number of nitrogens with zero attached hydrogens (tertiary/aromatic N) is 2. The SMILES string of the molecule is CC1(C)CN2C(=O)CN(C(=O)NCc3ccccc3)CC2c2ccccc21. The summed E-state index contributed by atoms with van der Waals surface area (Å²) in [5.74, 6) is 0.0173. The number of carbonyl (C=O) groups excluding carboxylic acids is 2. The fraction of sp³-hybridized carbons (Fsp3) is 0.364. The second-order valence-corrected chi connectivity index (χ2v) is 8.03. The van der Waals surface area contributed by atoms with Gasteiger partial charge in [0, 0.05) is 25.0 Å². The summed E-state index contributed by atoms with van der Waals surface area (Å²) in [6.45, 7) is 6.16. The van der Waals surface area contributed by atoms with Gasteiger partial charge in [-0.05, 0) is 16.7 Å². The van der Waals surface area contributed by atoms with Crippen molar-refractivity contribution in [2.24, 2.45) is 0 Å². The first kappa shape index (κ1) is 17.6. The van der Waals surface area contributed by atoms with Gasteiger partial charge in [-0.15, -0.1) is 0 Å². The third-order valence-corrected chi connectivity index (χ3v) is 5.60. The zero-order valence-electron chi connectivity index (χ0n) is 15.8. The first-order valence-corrected chi connectivity index (χ1v) is 9.41. The highest BCUT2D eigenvalue weighted by molar-refractivity contribution is 5.86. The average molecular weight is 363 g/mol. The summed E-state index contributed by atoms with van der Waals surface area (Å²) in [6.07, 6.45) is 0. The molecule has 2 aromatic rings. The van der Waals surface area contributed by atoms with E-state index in [-0.39, 0.29) is 29.9 Å². The molecule has 5 nitrogen and oxygen atoms in total. The van der Waals surface area contributed by atoms with E-state index < -0.39 is 0 Å². The van der Waals surface area contributed by atoms with Crippen molar-refractivity contribution in [1.82, 2.24) is 15.1 Å². The number of benzene rings is 2. The summed E-state index contributed by atoms with van der Waals surface area (Å²) in [4.78, 5) is 29.1. The normalized spacial score (nSPS) is 20.7. The molecule has 1 saturated heterocycles. The van der Waals surface area contributed by atoms with Crippen LogP contribution in [0.5, 0.6) is 0 Å². The minimum atomic E-state index is -0.186. The molecule has 0 saturated carbocycles. The molecule has 1 unspecified atom stereocenters. The highest BCUT2D eigenvalue weighted by Gasteiger charge is 2.44. The molecule has 0 aromatic heterocycles. The maximum atomic E-state index is 12.8. The summed E-state index contributed by atoms with van der Waals surface area (Å²) in [7, 11) is 0. The van der Waals surface area contributed by atoms with Gasteiger partial charge in [0.25, 0.3) is 0 Å². The Morgan fingerprint density at radius 2 is 1.81 bits per heavy atom. The monoisotopic (exact) mass is 363 g/mol. The summed E-state index contributed by atoms with van der Waals surface area (Å²) in [5, 5.41) is 2.94.